The zero-order chi connectivity index (χ0) is 19.9. The number of rotatable bonds is 8. The van der Waals surface area contributed by atoms with Crippen molar-refractivity contribution in [2.45, 2.75) is 33.7 Å². The number of amides is 1. The van der Waals surface area contributed by atoms with E-state index in [1.54, 1.807) is 0 Å². The number of hydrogen-bond donors (Lipinski definition) is 1. The molecule has 0 radical (unpaired) electrons. The molecule has 1 heterocycles. The molecule has 0 saturated carbocycles. The number of aromatic nitrogens is 2. The molecule has 2 aromatic carbocycles. The molecule has 0 atom stereocenters. The van der Waals surface area contributed by atoms with Gasteiger partial charge in [-0.2, -0.15) is 4.98 Å². The van der Waals surface area contributed by atoms with Crippen molar-refractivity contribution >= 4 is 11.6 Å². The van der Waals surface area contributed by atoms with Gasteiger partial charge in [0, 0.05) is 11.3 Å². The Bertz CT molecular complexity index is 936. The summed E-state index contributed by atoms with van der Waals surface area (Å²) in [6.45, 7) is 7.55. The smallest absolute Gasteiger partial charge is 0.241 e. The zero-order valence-corrected chi connectivity index (χ0v) is 16.6. The van der Waals surface area contributed by atoms with E-state index in [0.717, 1.165) is 35.3 Å². The van der Waals surface area contributed by atoms with E-state index in [1.165, 1.54) is 0 Å². The lowest BCUT2D eigenvalue weighted by atomic mass is 10.1. The molecule has 0 fully saturated rings. The first-order valence-electron chi connectivity index (χ1n) is 9.53. The van der Waals surface area contributed by atoms with Crippen molar-refractivity contribution in [3.8, 4) is 11.4 Å². The highest BCUT2D eigenvalue weighted by atomic mass is 16.5. The Labute approximate surface area is 165 Å². The molecule has 1 aromatic heterocycles. The Morgan fingerprint density at radius 2 is 1.79 bits per heavy atom. The van der Waals surface area contributed by atoms with Gasteiger partial charge in [0.25, 0.3) is 0 Å². The Hall–Kier alpha value is -2.99. The second-order valence-electron chi connectivity index (χ2n) is 6.90. The molecule has 3 rings (SSSR count). The summed E-state index contributed by atoms with van der Waals surface area (Å²) >= 11 is 0. The third-order valence-electron chi connectivity index (χ3n) is 4.54. The van der Waals surface area contributed by atoms with Crippen LogP contribution in [0, 0.1) is 13.8 Å². The highest BCUT2D eigenvalue weighted by Gasteiger charge is 2.16. The maximum Gasteiger partial charge on any atom is 0.241 e. The monoisotopic (exact) mass is 378 g/mol. The van der Waals surface area contributed by atoms with Crippen molar-refractivity contribution in [1.82, 2.24) is 15.0 Å². The molecule has 0 bridgehead atoms. The molecule has 146 valence electrons. The van der Waals surface area contributed by atoms with Gasteiger partial charge in [0.2, 0.25) is 17.6 Å². The number of benzene rings is 2. The van der Waals surface area contributed by atoms with Gasteiger partial charge in [0.1, 0.15) is 0 Å². The topological polar surface area (TPSA) is 71.3 Å². The number of nitrogens with one attached hydrogen (secondary N) is 1. The molecule has 1 N–H and O–H groups in total. The lowest BCUT2D eigenvalue weighted by molar-refractivity contribution is -0.117. The number of aryl methyl sites for hydroxylation is 2. The van der Waals surface area contributed by atoms with Gasteiger partial charge in [-0.1, -0.05) is 54.5 Å². The van der Waals surface area contributed by atoms with Crippen LogP contribution in [-0.2, 0) is 11.3 Å². The molecular formula is C22H26N4O2. The molecule has 0 unspecified atom stereocenters. The highest BCUT2D eigenvalue weighted by Crippen LogP contribution is 2.20. The van der Waals surface area contributed by atoms with Gasteiger partial charge >= 0.3 is 0 Å². The van der Waals surface area contributed by atoms with Gasteiger partial charge in [-0.15, -0.1) is 0 Å². The van der Waals surface area contributed by atoms with Crippen LogP contribution in [0.15, 0.2) is 53.1 Å². The Morgan fingerprint density at radius 3 is 2.50 bits per heavy atom. The van der Waals surface area contributed by atoms with E-state index in [2.05, 4.69) is 22.4 Å². The largest absolute Gasteiger partial charge is 0.338 e. The summed E-state index contributed by atoms with van der Waals surface area (Å²) in [5.41, 5.74) is 3.93. The highest BCUT2D eigenvalue weighted by molar-refractivity contribution is 5.92. The van der Waals surface area contributed by atoms with Crippen LogP contribution in [0.4, 0.5) is 5.69 Å². The Balaban J connectivity index is 1.66. The molecular weight excluding hydrogens is 352 g/mol. The number of anilines is 1. The average molecular weight is 378 g/mol. The van der Waals surface area contributed by atoms with Crippen LogP contribution in [-0.4, -0.2) is 34.0 Å². The SMILES string of the molecule is CCCN(CC(=O)Nc1ccccc1C)Cc1nc(-c2ccccc2C)no1. The molecule has 3 aromatic rings. The van der Waals surface area contributed by atoms with Crippen LogP contribution in [0.1, 0.15) is 30.4 Å². The number of nitrogens with zero attached hydrogens (tertiary/aromatic N) is 3. The van der Waals surface area contributed by atoms with E-state index >= 15 is 0 Å². The summed E-state index contributed by atoms with van der Waals surface area (Å²) in [7, 11) is 0. The van der Waals surface area contributed by atoms with Crippen LogP contribution in [0.25, 0.3) is 11.4 Å². The molecule has 1 amide bonds. The quantitative estimate of drug-likeness (QED) is 0.636. The predicted molar refractivity (Wildman–Crippen MR) is 110 cm³/mol. The van der Waals surface area contributed by atoms with Crippen LogP contribution < -0.4 is 5.32 Å². The lowest BCUT2D eigenvalue weighted by Gasteiger charge is -2.19. The molecule has 6 heteroatoms. The van der Waals surface area contributed by atoms with Crippen LogP contribution in [0.5, 0.6) is 0 Å². The van der Waals surface area contributed by atoms with Gasteiger partial charge in [-0.25, -0.2) is 0 Å². The summed E-state index contributed by atoms with van der Waals surface area (Å²) in [6, 6.07) is 15.7. The molecule has 28 heavy (non-hydrogen) atoms. The minimum Gasteiger partial charge on any atom is -0.338 e. The number of para-hydroxylation sites is 1. The van der Waals surface area contributed by atoms with Gasteiger partial charge in [0.15, 0.2) is 0 Å². The third-order valence-corrected chi connectivity index (χ3v) is 4.54. The van der Waals surface area contributed by atoms with Crippen LogP contribution >= 0.6 is 0 Å². The number of hydrogen-bond acceptors (Lipinski definition) is 5. The minimum atomic E-state index is -0.0543. The normalized spacial score (nSPS) is 11.0. The number of carbonyl (C=O) groups is 1. The minimum absolute atomic E-state index is 0.0543. The van der Waals surface area contributed by atoms with E-state index < -0.39 is 0 Å². The third kappa shape index (κ3) is 5.04. The summed E-state index contributed by atoms with van der Waals surface area (Å²) in [6.07, 6.45) is 0.927. The molecule has 0 aliphatic heterocycles. The molecule has 0 saturated heterocycles. The van der Waals surface area contributed by atoms with Crippen molar-refractivity contribution in [1.29, 1.82) is 0 Å². The summed E-state index contributed by atoms with van der Waals surface area (Å²) in [4.78, 5) is 19.0. The van der Waals surface area contributed by atoms with Gasteiger partial charge in [-0.05, 0) is 44.0 Å². The van der Waals surface area contributed by atoms with E-state index in [1.807, 2.05) is 67.3 Å². The number of carbonyl (C=O) groups excluding carboxylic acids is 1. The van der Waals surface area contributed by atoms with E-state index in [0.29, 0.717) is 18.3 Å². The molecule has 0 aliphatic rings. The van der Waals surface area contributed by atoms with Gasteiger partial charge < -0.3 is 9.84 Å². The fourth-order valence-corrected chi connectivity index (χ4v) is 3.08. The van der Waals surface area contributed by atoms with E-state index in [-0.39, 0.29) is 12.5 Å². The summed E-state index contributed by atoms with van der Waals surface area (Å²) in [5, 5.41) is 7.08. The van der Waals surface area contributed by atoms with Crippen molar-refractivity contribution in [3.05, 3.63) is 65.5 Å². The van der Waals surface area contributed by atoms with Gasteiger partial charge in [-0.3, -0.25) is 9.69 Å². The second-order valence-corrected chi connectivity index (χ2v) is 6.90. The first-order chi connectivity index (χ1) is 13.6. The van der Waals surface area contributed by atoms with Gasteiger partial charge in [0.05, 0.1) is 13.1 Å². The maximum atomic E-state index is 12.5. The standard InChI is InChI=1S/C22H26N4O2/c1-4-13-26(14-20(27)23-19-12-8-6-10-17(19)3)15-21-24-22(25-28-21)18-11-7-5-9-16(18)2/h5-12H,4,13-15H2,1-3H3,(H,23,27). The first kappa shape index (κ1) is 19.8. The fourth-order valence-electron chi connectivity index (χ4n) is 3.08. The van der Waals surface area contributed by atoms with Crippen molar-refractivity contribution in [2.24, 2.45) is 0 Å². The molecule has 6 nitrogen and oxygen atoms in total. The fraction of sp³-hybridized carbons (Fsp3) is 0.318. The van der Waals surface area contributed by atoms with E-state index in [9.17, 15) is 4.79 Å². The maximum absolute atomic E-state index is 12.5. The Kier molecular flexibility index (Phi) is 6.55. The molecule has 0 aliphatic carbocycles. The van der Waals surface area contributed by atoms with Crippen molar-refractivity contribution in [3.63, 3.8) is 0 Å². The summed E-state index contributed by atoms with van der Waals surface area (Å²) < 4.78 is 5.44. The lowest BCUT2D eigenvalue weighted by Crippen LogP contribution is -2.33. The van der Waals surface area contributed by atoms with Crippen molar-refractivity contribution in [2.75, 3.05) is 18.4 Å². The molecule has 0 spiro atoms. The van der Waals surface area contributed by atoms with Crippen molar-refractivity contribution < 1.29 is 9.32 Å². The second kappa shape index (κ2) is 9.28. The van der Waals surface area contributed by atoms with Crippen LogP contribution in [0.3, 0.4) is 0 Å². The Morgan fingerprint density at radius 1 is 1.07 bits per heavy atom. The van der Waals surface area contributed by atoms with E-state index in [4.69, 9.17) is 4.52 Å². The van der Waals surface area contributed by atoms with Crippen LogP contribution in [0.2, 0.25) is 0 Å². The first-order valence-corrected chi connectivity index (χ1v) is 9.53. The summed E-state index contributed by atoms with van der Waals surface area (Å²) in [5.74, 6) is 1.03. The average Bonchev–Trinajstić information content (AvgIpc) is 3.12. The predicted octanol–water partition coefficient (Wildman–Crippen LogP) is 4.20. The zero-order valence-electron chi connectivity index (χ0n) is 16.6.